The third-order valence-electron chi connectivity index (χ3n) is 10.4. The smallest absolute Gasteiger partial charge is 0.149 e. The van der Waals surface area contributed by atoms with Crippen molar-refractivity contribution < 1.29 is 4.42 Å². The van der Waals surface area contributed by atoms with Gasteiger partial charge in [-0.1, -0.05) is 132 Å². The zero-order valence-electron chi connectivity index (χ0n) is 31.0. The van der Waals surface area contributed by atoms with Gasteiger partial charge in [0, 0.05) is 10.8 Å². The molecule has 51 heavy (non-hydrogen) atoms. The largest absolute Gasteiger partial charge is 0.455 e. The molecule has 0 unspecified atom stereocenters. The average molecular weight is 667 g/mol. The summed E-state index contributed by atoms with van der Waals surface area (Å²) in [5.74, 6) is 2.01. The quantitative estimate of drug-likeness (QED) is 0.169. The molecule has 0 aliphatic carbocycles. The molecule has 3 nitrogen and oxygen atoms in total. The minimum absolute atomic E-state index is 0.332. The first-order chi connectivity index (χ1) is 24.6. The minimum Gasteiger partial charge on any atom is -0.455 e. The highest BCUT2D eigenvalue weighted by Gasteiger charge is 2.25. The van der Waals surface area contributed by atoms with Gasteiger partial charge < -0.3 is 4.42 Å². The van der Waals surface area contributed by atoms with E-state index < -0.39 is 0 Å². The number of furan rings is 1. The molecule has 0 aliphatic rings. The fraction of sp³-hybridized carbons (Fsp3) is 0.229. The van der Waals surface area contributed by atoms with Crippen LogP contribution in [0, 0.1) is 13.8 Å². The van der Waals surface area contributed by atoms with Crippen molar-refractivity contribution in [1.82, 2.24) is 9.55 Å². The monoisotopic (exact) mass is 666 g/mol. The number of benzene rings is 6. The van der Waals surface area contributed by atoms with Gasteiger partial charge in [-0.05, 0) is 107 Å². The van der Waals surface area contributed by atoms with Crippen molar-refractivity contribution in [3.8, 4) is 39.3 Å². The molecular weight excluding hydrogens is 621 g/mol. The summed E-state index contributed by atoms with van der Waals surface area (Å²) in [6.45, 7) is 18.1. The van der Waals surface area contributed by atoms with Crippen LogP contribution in [0.4, 0.5) is 0 Å². The molecule has 254 valence electrons. The number of aryl methyl sites for hydroxylation is 2. The van der Waals surface area contributed by atoms with Crippen molar-refractivity contribution in [2.45, 2.75) is 73.1 Å². The molecule has 0 saturated carbocycles. The van der Waals surface area contributed by atoms with Gasteiger partial charge in [-0.15, -0.1) is 0 Å². The highest BCUT2D eigenvalue weighted by atomic mass is 16.3. The Labute approximate surface area is 301 Å². The second-order valence-corrected chi connectivity index (χ2v) is 15.2. The Balaban J connectivity index is 1.33. The highest BCUT2D eigenvalue weighted by molar-refractivity contribution is 6.10. The topological polar surface area (TPSA) is 31.0 Å². The Bertz CT molecular complexity index is 2540. The average Bonchev–Trinajstić information content (AvgIpc) is 3.69. The van der Waals surface area contributed by atoms with Crippen molar-refractivity contribution in [2.75, 3.05) is 0 Å². The second kappa shape index (κ2) is 12.7. The third-order valence-corrected chi connectivity index (χ3v) is 10.4. The summed E-state index contributed by atoms with van der Waals surface area (Å²) in [4.78, 5) is 5.36. The highest BCUT2D eigenvalue weighted by Crippen LogP contribution is 2.43. The van der Waals surface area contributed by atoms with Gasteiger partial charge in [0.1, 0.15) is 17.0 Å². The zero-order valence-corrected chi connectivity index (χ0v) is 31.0. The van der Waals surface area contributed by atoms with Gasteiger partial charge in [0.25, 0.3) is 0 Å². The van der Waals surface area contributed by atoms with E-state index in [0.29, 0.717) is 17.8 Å². The standard InChI is InChI=1S/C48H46N2O/c1-28(2)36-26-40(29(3)4)46(41(27-36)30(5)6)50-44-18-10-9-17-43(44)49-48(50)39-16-12-15-38-42-25-35(19-20-45(42)51-47(38)39)33-13-11-14-34(24-33)37-22-31(7)21-32(8)23-37/h9-30H,1-8H3. The van der Waals surface area contributed by atoms with Crippen molar-refractivity contribution in [2.24, 2.45) is 0 Å². The molecule has 0 spiro atoms. The van der Waals surface area contributed by atoms with Gasteiger partial charge in [0.05, 0.1) is 22.3 Å². The molecule has 0 amide bonds. The fourth-order valence-electron chi connectivity index (χ4n) is 7.78. The fourth-order valence-corrected chi connectivity index (χ4v) is 7.78. The number of hydrogen-bond acceptors (Lipinski definition) is 2. The Morgan fingerprint density at radius 3 is 1.88 bits per heavy atom. The lowest BCUT2D eigenvalue weighted by molar-refractivity contribution is 0.669. The summed E-state index contributed by atoms with van der Waals surface area (Å²) >= 11 is 0. The Morgan fingerprint density at radius 1 is 0.549 bits per heavy atom. The first-order valence-electron chi connectivity index (χ1n) is 18.4. The van der Waals surface area contributed by atoms with Crippen molar-refractivity contribution in [3.63, 3.8) is 0 Å². The van der Waals surface area contributed by atoms with Gasteiger partial charge in [-0.25, -0.2) is 4.98 Å². The number of rotatable bonds is 7. The Hall–Kier alpha value is -5.41. The molecule has 0 atom stereocenters. The van der Waals surface area contributed by atoms with Crippen molar-refractivity contribution in [3.05, 3.63) is 143 Å². The van der Waals surface area contributed by atoms with Gasteiger partial charge in [0.2, 0.25) is 0 Å². The summed E-state index contributed by atoms with van der Waals surface area (Å²) in [6.07, 6.45) is 0. The second-order valence-electron chi connectivity index (χ2n) is 15.2. The van der Waals surface area contributed by atoms with Gasteiger partial charge >= 0.3 is 0 Å². The van der Waals surface area contributed by atoms with Crippen LogP contribution in [-0.2, 0) is 0 Å². The van der Waals surface area contributed by atoms with E-state index in [4.69, 9.17) is 9.40 Å². The maximum atomic E-state index is 6.79. The minimum atomic E-state index is 0.332. The lowest BCUT2D eigenvalue weighted by atomic mass is 9.87. The number of fused-ring (bicyclic) bond motifs is 4. The molecule has 3 heteroatoms. The predicted molar refractivity (Wildman–Crippen MR) is 216 cm³/mol. The first-order valence-corrected chi connectivity index (χ1v) is 18.4. The van der Waals surface area contributed by atoms with Gasteiger partial charge in [-0.2, -0.15) is 0 Å². The van der Waals surface area contributed by atoms with E-state index in [1.54, 1.807) is 0 Å². The van der Waals surface area contributed by atoms with E-state index in [2.05, 4.69) is 175 Å². The number of aromatic nitrogens is 2. The van der Waals surface area contributed by atoms with Gasteiger partial charge in [0.15, 0.2) is 0 Å². The van der Waals surface area contributed by atoms with E-state index in [1.807, 2.05) is 0 Å². The van der Waals surface area contributed by atoms with Crippen LogP contribution >= 0.6 is 0 Å². The van der Waals surface area contributed by atoms with Crippen LogP contribution in [0.3, 0.4) is 0 Å². The molecule has 2 aromatic heterocycles. The van der Waals surface area contributed by atoms with Crippen LogP contribution < -0.4 is 0 Å². The van der Waals surface area contributed by atoms with E-state index in [0.717, 1.165) is 44.4 Å². The normalized spacial score (nSPS) is 12.1. The predicted octanol–water partition coefficient (Wildman–Crippen LogP) is 13.9. The van der Waals surface area contributed by atoms with Crippen molar-refractivity contribution >= 4 is 33.0 Å². The molecule has 0 aliphatic heterocycles. The summed E-state index contributed by atoms with van der Waals surface area (Å²) < 4.78 is 9.20. The lowest BCUT2D eigenvalue weighted by Gasteiger charge is -2.25. The lowest BCUT2D eigenvalue weighted by Crippen LogP contribution is -2.10. The number of nitrogens with zero attached hydrogens (tertiary/aromatic N) is 2. The Kier molecular flexibility index (Phi) is 8.18. The summed E-state index contributed by atoms with van der Waals surface area (Å²) in [5, 5.41) is 2.20. The number of para-hydroxylation sites is 3. The van der Waals surface area contributed by atoms with Gasteiger partial charge in [-0.3, -0.25) is 4.57 Å². The summed E-state index contributed by atoms with van der Waals surface area (Å²) in [6, 6.07) is 42.1. The van der Waals surface area contributed by atoms with Crippen LogP contribution in [-0.4, -0.2) is 9.55 Å². The molecule has 0 fully saturated rings. The molecule has 0 N–H and O–H groups in total. The maximum absolute atomic E-state index is 6.79. The molecule has 8 aromatic rings. The van der Waals surface area contributed by atoms with E-state index in [-0.39, 0.29) is 0 Å². The first kappa shape index (κ1) is 32.8. The molecule has 6 aromatic carbocycles. The van der Waals surface area contributed by atoms with E-state index in [9.17, 15) is 0 Å². The van der Waals surface area contributed by atoms with E-state index in [1.165, 1.54) is 55.8 Å². The molecule has 8 rings (SSSR count). The molecule has 0 radical (unpaired) electrons. The molecule has 0 saturated heterocycles. The number of imidazole rings is 1. The SMILES string of the molecule is Cc1cc(C)cc(-c2cccc(-c3ccc4oc5c(-c6nc7ccccc7n6-c6c(C(C)C)cc(C(C)C)cc6C(C)C)cccc5c4c3)c2)c1. The summed E-state index contributed by atoms with van der Waals surface area (Å²) in [5.41, 5.74) is 17.5. The van der Waals surface area contributed by atoms with Crippen LogP contribution in [0.1, 0.15) is 87.1 Å². The third kappa shape index (κ3) is 5.75. The zero-order chi connectivity index (χ0) is 35.6. The molecule has 2 heterocycles. The van der Waals surface area contributed by atoms with Crippen LogP contribution in [0.5, 0.6) is 0 Å². The maximum Gasteiger partial charge on any atom is 0.149 e. The Morgan fingerprint density at radius 2 is 1.20 bits per heavy atom. The van der Waals surface area contributed by atoms with Crippen LogP contribution in [0.2, 0.25) is 0 Å². The molecular formula is C48H46N2O. The summed E-state index contributed by atoms with van der Waals surface area (Å²) in [7, 11) is 0. The van der Waals surface area contributed by atoms with Crippen molar-refractivity contribution in [1.29, 1.82) is 0 Å². The molecule has 0 bridgehead atoms. The van der Waals surface area contributed by atoms with Crippen LogP contribution in [0.25, 0.3) is 72.3 Å². The van der Waals surface area contributed by atoms with E-state index >= 15 is 0 Å². The number of hydrogen-bond donors (Lipinski definition) is 0. The van der Waals surface area contributed by atoms with Crippen LogP contribution in [0.15, 0.2) is 120 Å².